The predicted molar refractivity (Wildman–Crippen MR) is 97.7 cm³/mol. The summed E-state index contributed by atoms with van der Waals surface area (Å²) in [6.45, 7) is 3.08. The van der Waals surface area contributed by atoms with E-state index in [9.17, 15) is 0 Å². The van der Waals surface area contributed by atoms with Crippen LogP contribution in [0, 0.1) is 0 Å². The molecule has 1 aliphatic rings. The number of pyridine rings is 1. The Hall–Kier alpha value is -1.09. The molecule has 1 atom stereocenters. The van der Waals surface area contributed by atoms with Gasteiger partial charge in [0.2, 0.25) is 5.88 Å². The Balaban J connectivity index is 0.00000242. The van der Waals surface area contributed by atoms with Crippen LogP contribution in [0.3, 0.4) is 0 Å². The summed E-state index contributed by atoms with van der Waals surface area (Å²) in [4.78, 5) is 8.54. The van der Waals surface area contributed by atoms with E-state index in [1.807, 2.05) is 19.1 Å². The van der Waals surface area contributed by atoms with Crippen molar-refractivity contribution in [1.29, 1.82) is 0 Å². The summed E-state index contributed by atoms with van der Waals surface area (Å²) in [5.41, 5.74) is 6.87. The topological polar surface area (TPSA) is 81.8 Å². The maximum Gasteiger partial charge on any atom is 0.213 e. The molecule has 0 aromatic carbocycles. The molecule has 7 heteroatoms. The molecule has 22 heavy (non-hydrogen) atoms. The second-order valence-corrected chi connectivity index (χ2v) is 5.38. The van der Waals surface area contributed by atoms with E-state index < -0.39 is 0 Å². The minimum absolute atomic E-state index is 0. The molecule has 3 N–H and O–H groups in total. The highest BCUT2D eigenvalue weighted by Crippen LogP contribution is 2.24. The molecule has 0 saturated heterocycles. The molecule has 1 aromatic heterocycles. The summed E-state index contributed by atoms with van der Waals surface area (Å²) >= 11 is 0. The number of rotatable bonds is 7. The zero-order valence-electron chi connectivity index (χ0n) is 13.1. The summed E-state index contributed by atoms with van der Waals surface area (Å²) in [6.07, 6.45) is 5.57. The molecule has 1 heterocycles. The van der Waals surface area contributed by atoms with Crippen molar-refractivity contribution < 1.29 is 9.47 Å². The highest BCUT2D eigenvalue weighted by Gasteiger charge is 2.19. The molecule has 6 nitrogen and oxygen atoms in total. The molecule has 0 aliphatic heterocycles. The first-order valence-electron chi connectivity index (χ1n) is 7.34. The third-order valence-corrected chi connectivity index (χ3v) is 3.38. The molecular weight excluding hydrogens is 395 g/mol. The normalized spacial score (nSPS) is 16.4. The van der Waals surface area contributed by atoms with Crippen LogP contribution < -0.4 is 15.8 Å². The van der Waals surface area contributed by atoms with E-state index in [0.29, 0.717) is 31.1 Å². The number of nitrogens with zero attached hydrogens (tertiary/aromatic N) is 2. The van der Waals surface area contributed by atoms with Crippen molar-refractivity contribution in [2.75, 3.05) is 13.7 Å². The van der Waals surface area contributed by atoms with E-state index in [2.05, 4.69) is 15.3 Å². The minimum atomic E-state index is 0. The first-order valence-corrected chi connectivity index (χ1v) is 7.34. The summed E-state index contributed by atoms with van der Waals surface area (Å²) < 4.78 is 10.8. The molecule has 1 aromatic rings. The maximum atomic E-state index is 5.84. The number of methoxy groups -OCH3 is 1. The van der Waals surface area contributed by atoms with Gasteiger partial charge in [-0.05, 0) is 37.8 Å². The third-order valence-electron chi connectivity index (χ3n) is 3.38. The summed E-state index contributed by atoms with van der Waals surface area (Å²) in [6, 6.07) is 3.98. The van der Waals surface area contributed by atoms with Crippen LogP contribution in [0.15, 0.2) is 23.3 Å². The Labute approximate surface area is 148 Å². The lowest BCUT2D eigenvalue weighted by atomic mass is 9.96. The lowest BCUT2D eigenvalue weighted by molar-refractivity contribution is 0.114. The highest BCUT2D eigenvalue weighted by atomic mass is 127. The average Bonchev–Trinajstić information content (AvgIpc) is 2.41. The number of aromatic nitrogens is 1. The minimum Gasteiger partial charge on any atom is -0.474 e. The van der Waals surface area contributed by atoms with E-state index >= 15 is 0 Å². The van der Waals surface area contributed by atoms with Gasteiger partial charge in [-0.15, -0.1) is 24.0 Å². The van der Waals surface area contributed by atoms with Gasteiger partial charge in [0, 0.05) is 25.4 Å². The SMILES string of the molecule is COCC(C)NC(N)=NCc1ccnc(OC2CCC2)c1.I. The van der Waals surface area contributed by atoms with Crippen LogP contribution in [0.25, 0.3) is 0 Å². The van der Waals surface area contributed by atoms with Gasteiger partial charge < -0.3 is 20.5 Å². The summed E-state index contributed by atoms with van der Waals surface area (Å²) in [5, 5.41) is 3.07. The van der Waals surface area contributed by atoms with Gasteiger partial charge >= 0.3 is 0 Å². The van der Waals surface area contributed by atoms with Crippen LogP contribution in [-0.4, -0.2) is 36.8 Å². The highest BCUT2D eigenvalue weighted by molar-refractivity contribution is 14.0. The number of ether oxygens (including phenoxy) is 2. The lowest BCUT2D eigenvalue weighted by Crippen LogP contribution is -2.40. The number of nitrogens with two attached hydrogens (primary N) is 1. The lowest BCUT2D eigenvalue weighted by Gasteiger charge is -2.25. The van der Waals surface area contributed by atoms with Crippen LogP contribution in [0.2, 0.25) is 0 Å². The van der Waals surface area contributed by atoms with E-state index in [1.54, 1.807) is 13.3 Å². The molecule has 0 bridgehead atoms. The molecule has 1 aliphatic carbocycles. The molecule has 1 unspecified atom stereocenters. The summed E-state index contributed by atoms with van der Waals surface area (Å²) in [7, 11) is 1.66. The van der Waals surface area contributed by atoms with Gasteiger partial charge in [0.25, 0.3) is 0 Å². The van der Waals surface area contributed by atoms with Crippen LogP contribution in [-0.2, 0) is 11.3 Å². The van der Waals surface area contributed by atoms with Gasteiger partial charge in [0.05, 0.1) is 13.2 Å². The quantitative estimate of drug-likeness (QED) is 0.401. The van der Waals surface area contributed by atoms with Crippen molar-refractivity contribution in [3.8, 4) is 5.88 Å². The largest absolute Gasteiger partial charge is 0.474 e. The molecule has 0 radical (unpaired) electrons. The Kier molecular flexibility index (Phi) is 8.47. The van der Waals surface area contributed by atoms with Gasteiger partial charge in [-0.25, -0.2) is 9.98 Å². The second-order valence-electron chi connectivity index (χ2n) is 5.38. The maximum absolute atomic E-state index is 5.84. The van der Waals surface area contributed by atoms with Crippen molar-refractivity contribution in [3.05, 3.63) is 23.9 Å². The van der Waals surface area contributed by atoms with Gasteiger partial charge in [0.15, 0.2) is 5.96 Å². The van der Waals surface area contributed by atoms with Crippen LogP contribution >= 0.6 is 24.0 Å². The first-order chi connectivity index (χ1) is 10.2. The van der Waals surface area contributed by atoms with E-state index in [1.165, 1.54) is 6.42 Å². The Morgan fingerprint density at radius 1 is 1.55 bits per heavy atom. The predicted octanol–water partition coefficient (Wildman–Crippen LogP) is 2.07. The first kappa shape index (κ1) is 19.0. The van der Waals surface area contributed by atoms with Crippen molar-refractivity contribution in [2.45, 2.75) is 44.9 Å². The average molecular weight is 420 g/mol. The Morgan fingerprint density at radius 3 is 2.95 bits per heavy atom. The van der Waals surface area contributed by atoms with Gasteiger partial charge in [-0.3, -0.25) is 0 Å². The number of hydrogen-bond acceptors (Lipinski definition) is 4. The van der Waals surface area contributed by atoms with Gasteiger partial charge in [-0.1, -0.05) is 0 Å². The fourth-order valence-corrected chi connectivity index (χ4v) is 2.04. The molecule has 0 amide bonds. The summed E-state index contributed by atoms with van der Waals surface area (Å²) in [5.74, 6) is 1.09. The number of nitrogens with one attached hydrogen (secondary N) is 1. The van der Waals surface area contributed by atoms with E-state index in [4.69, 9.17) is 15.2 Å². The number of aliphatic imine (C=N–C) groups is 1. The Bertz CT molecular complexity index is 480. The van der Waals surface area contributed by atoms with E-state index in [0.717, 1.165) is 18.4 Å². The van der Waals surface area contributed by atoms with Gasteiger partial charge in [-0.2, -0.15) is 0 Å². The number of hydrogen-bond donors (Lipinski definition) is 2. The molecule has 2 rings (SSSR count). The van der Waals surface area contributed by atoms with E-state index in [-0.39, 0.29) is 30.0 Å². The monoisotopic (exact) mass is 420 g/mol. The molecule has 1 fully saturated rings. The van der Waals surface area contributed by atoms with Crippen LogP contribution in [0.5, 0.6) is 5.88 Å². The second kappa shape index (κ2) is 9.83. The van der Waals surface area contributed by atoms with Gasteiger partial charge in [0.1, 0.15) is 6.10 Å². The van der Waals surface area contributed by atoms with Crippen LogP contribution in [0.1, 0.15) is 31.7 Å². The fraction of sp³-hybridized carbons (Fsp3) is 0.600. The standard InChI is InChI=1S/C15H24N4O2.HI/c1-11(10-20-2)19-15(16)18-9-12-6-7-17-14(8-12)21-13-4-3-5-13;/h6-8,11,13H,3-5,9-10H2,1-2H3,(H3,16,18,19);1H. The molecular formula is C15H25IN4O2. The Morgan fingerprint density at radius 2 is 2.32 bits per heavy atom. The van der Waals surface area contributed by atoms with Crippen LogP contribution in [0.4, 0.5) is 0 Å². The zero-order valence-corrected chi connectivity index (χ0v) is 15.4. The fourth-order valence-electron chi connectivity index (χ4n) is 2.04. The zero-order chi connectivity index (χ0) is 15.1. The third kappa shape index (κ3) is 6.35. The molecule has 1 saturated carbocycles. The number of halogens is 1. The smallest absolute Gasteiger partial charge is 0.213 e. The van der Waals surface area contributed by atoms with Crippen molar-refractivity contribution in [1.82, 2.24) is 10.3 Å². The van der Waals surface area contributed by atoms with Crippen molar-refractivity contribution >= 4 is 29.9 Å². The molecule has 124 valence electrons. The van der Waals surface area contributed by atoms with Crippen molar-refractivity contribution in [2.24, 2.45) is 10.7 Å². The van der Waals surface area contributed by atoms with Crippen molar-refractivity contribution in [3.63, 3.8) is 0 Å². The molecule has 0 spiro atoms. The number of guanidine groups is 1.